The number of rotatable bonds is 4. The Labute approximate surface area is 149 Å². The predicted octanol–water partition coefficient (Wildman–Crippen LogP) is 2.50. The van der Waals surface area contributed by atoms with Gasteiger partial charge in [0.05, 0.1) is 29.8 Å². The molecule has 1 aliphatic heterocycles. The molecule has 1 amide bonds. The Morgan fingerprint density at radius 1 is 1.19 bits per heavy atom. The van der Waals surface area contributed by atoms with E-state index < -0.39 is 5.97 Å². The number of ether oxygens (including phenoxy) is 1. The molecule has 4 rings (SSSR count). The van der Waals surface area contributed by atoms with E-state index in [0.717, 1.165) is 5.69 Å². The molecule has 0 saturated carbocycles. The second kappa shape index (κ2) is 6.36. The molecule has 3 aromatic rings. The van der Waals surface area contributed by atoms with E-state index in [0.29, 0.717) is 17.1 Å². The van der Waals surface area contributed by atoms with Gasteiger partial charge < -0.3 is 14.4 Å². The quantitative estimate of drug-likeness (QED) is 0.782. The SMILES string of the molecule is O=C(O)c1ccc2c(c1)N(Cc1cn(-c3ccccc3)cn1)C(=O)CO2. The van der Waals surface area contributed by atoms with Crippen LogP contribution in [0.4, 0.5) is 5.69 Å². The zero-order valence-electron chi connectivity index (χ0n) is 13.7. The summed E-state index contributed by atoms with van der Waals surface area (Å²) in [5.41, 5.74) is 2.20. The zero-order chi connectivity index (χ0) is 18.1. The van der Waals surface area contributed by atoms with Crippen LogP contribution in [0.2, 0.25) is 0 Å². The van der Waals surface area contributed by atoms with Crippen molar-refractivity contribution < 1.29 is 19.4 Å². The van der Waals surface area contributed by atoms with Crippen molar-refractivity contribution in [2.45, 2.75) is 6.54 Å². The van der Waals surface area contributed by atoms with Gasteiger partial charge in [-0.2, -0.15) is 0 Å². The van der Waals surface area contributed by atoms with Crippen LogP contribution in [0.3, 0.4) is 0 Å². The van der Waals surface area contributed by atoms with Crippen LogP contribution in [0.15, 0.2) is 61.1 Å². The predicted molar refractivity (Wildman–Crippen MR) is 93.7 cm³/mol. The van der Waals surface area contributed by atoms with E-state index in [2.05, 4.69) is 4.98 Å². The number of carbonyl (C=O) groups is 2. The molecule has 0 saturated heterocycles. The number of aromatic carboxylic acids is 1. The van der Waals surface area contributed by atoms with Crippen molar-refractivity contribution in [2.24, 2.45) is 0 Å². The van der Waals surface area contributed by atoms with Crippen molar-refractivity contribution in [2.75, 3.05) is 11.5 Å². The van der Waals surface area contributed by atoms with Gasteiger partial charge in [-0.1, -0.05) is 18.2 Å². The largest absolute Gasteiger partial charge is 0.482 e. The molecular weight excluding hydrogens is 334 g/mol. The summed E-state index contributed by atoms with van der Waals surface area (Å²) in [4.78, 5) is 29.4. The van der Waals surface area contributed by atoms with Crippen molar-refractivity contribution in [3.8, 4) is 11.4 Å². The third-order valence-electron chi connectivity index (χ3n) is 4.16. The maximum Gasteiger partial charge on any atom is 0.335 e. The summed E-state index contributed by atoms with van der Waals surface area (Å²) >= 11 is 0. The fraction of sp³-hybridized carbons (Fsp3) is 0.105. The molecule has 0 bridgehead atoms. The Kier molecular flexibility index (Phi) is 3.89. The number of carbonyl (C=O) groups excluding carboxylic acids is 1. The minimum atomic E-state index is -1.06. The van der Waals surface area contributed by atoms with Crippen LogP contribution in [0.5, 0.6) is 5.75 Å². The van der Waals surface area contributed by atoms with Gasteiger partial charge in [-0.15, -0.1) is 0 Å². The molecule has 7 heteroatoms. The van der Waals surface area contributed by atoms with Crippen LogP contribution in [0, 0.1) is 0 Å². The fourth-order valence-corrected chi connectivity index (χ4v) is 2.86. The summed E-state index contributed by atoms with van der Waals surface area (Å²) in [6, 6.07) is 14.2. The highest BCUT2D eigenvalue weighted by Gasteiger charge is 2.27. The molecule has 1 aliphatic rings. The maximum atomic E-state index is 12.3. The average Bonchev–Trinajstić information content (AvgIpc) is 3.13. The number of fused-ring (bicyclic) bond motifs is 1. The van der Waals surface area contributed by atoms with E-state index in [1.165, 1.54) is 17.0 Å². The maximum absolute atomic E-state index is 12.3. The highest BCUT2D eigenvalue weighted by atomic mass is 16.5. The Balaban J connectivity index is 1.65. The lowest BCUT2D eigenvalue weighted by Crippen LogP contribution is -2.38. The number of para-hydroxylation sites is 1. The van der Waals surface area contributed by atoms with Gasteiger partial charge in [0.15, 0.2) is 6.61 Å². The Bertz CT molecular complexity index is 981. The molecule has 0 aliphatic carbocycles. The summed E-state index contributed by atoms with van der Waals surface area (Å²) in [6.45, 7) is 0.150. The van der Waals surface area contributed by atoms with E-state index in [-0.39, 0.29) is 24.6 Å². The van der Waals surface area contributed by atoms with Gasteiger partial charge in [-0.3, -0.25) is 9.69 Å². The van der Waals surface area contributed by atoms with Crippen molar-refractivity contribution >= 4 is 17.6 Å². The topological polar surface area (TPSA) is 84.7 Å². The smallest absolute Gasteiger partial charge is 0.335 e. The number of carboxylic acids is 1. The molecule has 0 spiro atoms. The van der Waals surface area contributed by atoms with E-state index in [1.807, 2.05) is 41.1 Å². The molecule has 0 fully saturated rings. The summed E-state index contributed by atoms with van der Waals surface area (Å²) in [7, 11) is 0. The minimum Gasteiger partial charge on any atom is -0.482 e. The normalized spacial score (nSPS) is 13.2. The number of carboxylic acid groups (broad SMARTS) is 1. The molecule has 0 radical (unpaired) electrons. The molecule has 1 aromatic heterocycles. The number of hydrogen-bond acceptors (Lipinski definition) is 4. The molecule has 2 aromatic carbocycles. The third-order valence-corrected chi connectivity index (χ3v) is 4.16. The summed E-state index contributed by atoms with van der Waals surface area (Å²) in [5.74, 6) is -0.814. The highest BCUT2D eigenvalue weighted by molar-refractivity contribution is 5.99. The minimum absolute atomic E-state index is 0.0845. The van der Waals surface area contributed by atoms with Gasteiger partial charge in [0.1, 0.15) is 5.75 Å². The number of imidazole rings is 1. The van der Waals surface area contributed by atoms with Crippen molar-refractivity contribution in [3.63, 3.8) is 0 Å². The third kappa shape index (κ3) is 2.90. The van der Waals surface area contributed by atoms with Crippen LogP contribution < -0.4 is 9.64 Å². The average molecular weight is 349 g/mol. The van der Waals surface area contributed by atoms with Gasteiger partial charge in [0.25, 0.3) is 5.91 Å². The monoisotopic (exact) mass is 349 g/mol. The Morgan fingerprint density at radius 2 is 2.00 bits per heavy atom. The van der Waals surface area contributed by atoms with Gasteiger partial charge in [-0.25, -0.2) is 9.78 Å². The number of nitrogens with zero attached hydrogens (tertiary/aromatic N) is 3. The van der Waals surface area contributed by atoms with Crippen LogP contribution >= 0.6 is 0 Å². The van der Waals surface area contributed by atoms with Gasteiger partial charge >= 0.3 is 5.97 Å². The molecular formula is C19H15N3O4. The van der Waals surface area contributed by atoms with Crippen molar-refractivity contribution in [1.29, 1.82) is 0 Å². The zero-order valence-corrected chi connectivity index (χ0v) is 13.7. The summed E-state index contributed by atoms with van der Waals surface area (Å²) in [5, 5.41) is 9.20. The number of amides is 1. The van der Waals surface area contributed by atoms with Crippen molar-refractivity contribution in [1.82, 2.24) is 9.55 Å². The summed E-state index contributed by atoms with van der Waals surface area (Å²) < 4.78 is 7.27. The molecule has 7 nitrogen and oxygen atoms in total. The van der Waals surface area contributed by atoms with E-state index in [9.17, 15) is 14.7 Å². The van der Waals surface area contributed by atoms with Gasteiger partial charge in [0, 0.05) is 11.9 Å². The molecule has 26 heavy (non-hydrogen) atoms. The first-order valence-electron chi connectivity index (χ1n) is 8.00. The summed E-state index contributed by atoms with van der Waals surface area (Å²) in [6.07, 6.45) is 3.53. The van der Waals surface area contributed by atoms with Gasteiger partial charge in [-0.05, 0) is 30.3 Å². The first kappa shape index (κ1) is 15.9. The van der Waals surface area contributed by atoms with E-state index >= 15 is 0 Å². The first-order valence-corrected chi connectivity index (χ1v) is 8.00. The first-order chi connectivity index (χ1) is 12.6. The lowest BCUT2D eigenvalue weighted by atomic mass is 10.1. The molecule has 130 valence electrons. The fourth-order valence-electron chi connectivity index (χ4n) is 2.86. The molecule has 0 unspecified atom stereocenters. The standard InChI is InChI=1S/C19H15N3O4/c23-18-11-26-17-7-6-13(19(24)25)8-16(17)22(18)10-14-9-21(12-20-14)15-4-2-1-3-5-15/h1-9,12H,10-11H2,(H,24,25). The molecule has 2 heterocycles. The lowest BCUT2D eigenvalue weighted by molar-refractivity contribution is -0.121. The van der Waals surface area contributed by atoms with Gasteiger partial charge in [0.2, 0.25) is 0 Å². The van der Waals surface area contributed by atoms with Crippen LogP contribution in [-0.4, -0.2) is 33.1 Å². The molecule has 1 N–H and O–H groups in total. The highest BCUT2D eigenvalue weighted by Crippen LogP contribution is 2.34. The van der Waals surface area contributed by atoms with Crippen LogP contribution in [0.1, 0.15) is 16.1 Å². The molecule has 0 atom stereocenters. The van der Waals surface area contributed by atoms with Crippen LogP contribution in [0.25, 0.3) is 5.69 Å². The number of aromatic nitrogens is 2. The van der Waals surface area contributed by atoms with E-state index in [4.69, 9.17) is 4.74 Å². The number of anilines is 1. The number of benzene rings is 2. The van der Waals surface area contributed by atoms with E-state index in [1.54, 1.807) is 12.4 Å². The number of hydrogen-bond donors (Lipinski definition) is 1. The second-order valence-corrected chi connectivity index (χ2v) is 5.86. The Hall–Kier alpha value is -3.61. The van der Waals surface area contributed by atoms with Crippen molar-refractivity contribution in [3.05, 3.63) is 72.3 Å². The Morgan fingerprint density at radius 3 is 2.77 bits per heavy atom. The lowest BCUT2D eigenvalue weighted by Gasteiger charge is -2.29. The second-order valence-electron chi connectivity index (χ2n) is 5.86. The van der Waals surface area contributed by atoms with Crippen LogP contribution in [-0.2, 0) is 11.3 Å².